The SMILES string of the molecule is CCNCC(c1ccc(O)c(O)c1)C(OC(=O)C=Cc1cc(O)c(O)c2ccc(-c3cc(O)c(O)cc3-c3cccc(O)c3)cc12)C(=O)O. The predicted molar refractivity (Wildman–Crippen MR) is 181 cm³/mol. The van der Waals surface area contributed by atoms with Crippen molar-refractivity contribution in [2.24, 2.45) is 0 Å². The van der Waals surface area contributed by atoms with Crippen LogP contribution in [-0.2, 0) is 14.3 Å². The fourth-order valence-electron chi connectivity index (χ4n) is 5.55. The van der Waals surface area contributed by atoms with Gasteiger partial charge in [-0.1, -0.05) is 31.2 Å². The van der Waals surface area contributed by atoms with Crippen molar-refractivity contribution in [3.63, 3.8) is 0 Å². The summed E-state index contributed by atoms with van der Waals surface area (Å²) in [6, 6.07) is 18.8. The topological polar surface area (TPSA) is 217 Å². The smallest absolute Gasteiger partial charge is 0.345 e. The standard InChI is InChI=1S/C37H33NO11/c1-2-38-18-28(22-7-10-29(40)30(41)14-22)36(37(47)48)49-34(45)11-8-21-15-33(44)35(46)24-9-6-20(13-25(21)24)27-17-32(43)31(42)16-26(27)19-4-3-5-23(39)12-19/h3-17,28,36,38-44,46H,2,18H2,1H3,(H,47,48). The van der Waals surface area contributed by atoms with E-state index in [2.05, 4.69) is 5.32 Å². The third-order valence-electron chi connectivity index (χ3n) is 8.00. The van der Waals surface area contributed by atoms with E-state index in [0.29, 0.717) is 39.7 Å². The van der Waals surface area contributed by atoms with E-state index in [-0.39, 0.29) is 29.0 Å². The largest absolute Gasteiger partial charge is 0.508 e. The van der Waals surface area contributed by atoms with Crippen LogP contribution in [-0.4, -0.2) is 72.0 Å². The van der Waals surface area contributed by atoms with Gasteiger partial charge in [-0.05, 0) is 106 Å². The second-order valence-electron chi connectivity index (χ2n) is 11.2. The Labute approximate surface area is 279 Å². The van der Waals surface area contributed by atoms with E-state index >= 15 is 0 Å². The molecule has 9 N–H and O–H groups in total. The summed E-state index contributed by atoms with van der Waals surface area (Å²) >= 11 is 0. The number of esters is 1. The van der Waals surface area contributed by atoms with Gasteiger partial charge in [-0.25, -0.2) is 9.59 Å². The summed E-state index contributed by atoms with van der Waals surface area (Å²) in [4.78, 5) is 25.4. The van der Waals surface area contributed by atoms with Gasteiger partial charge in [-0.2, -0.15) is 0 Å². The van der Waals surface area contributed by atoms with Crippen LogP contribution in [0.5, 0.6) is 40.2 Å². The van der Waals surface area contributed by atoms with Gasteiger partial charge in [-0.3, -0.25) is 0 Å². The number of phenolic OH excluding ortho intramolecular Hbond substituents is 7. The molecule has 0 radical (unpaired) electrons. The molecule has 5 rings (SSSR count). The number of nitrogens with one attached hydrogen (secondary N) is 1. The summed E-state index contributed by atoms with van der Waals surface area (Å²) in [5.41, 5.74) is 2.48. The van der Waals surface area contributed by atoms with E-state index in [9.17, 15) is 50.4 Å². The Kier molecular flexibility index (Phi) is 9.81. The van der Waals surface area contributed by atoms with E-state index in [1.807, 2.05) is 0 Å². The van der Waals surface area contributed by atoms with Crippen molar-refractivity contribution in [3.8, 4) is 62.5 Å². The minimum absolute atomic E-state index is 0.0199. The van der Waals surface area contributed by atoms with Gasteiger partial charge in [0.15, 0.2) is 34.5 Å². The Hall–Kier alpha value is -6.40. The van der Waals surface area contributed by atoms with Crippen molar-refractivity contribution < 1.29 is 55.2 Å². The lowest BCUT2D eigenvalue weighted by atomic mass is 9.91. The van der Waals surface area contributed by atoms with Crippen LogP contribution in [0.25, 0.3) is 39.1 Å². The van der Waals surface area contributed by atoms with Crippen molar-refractivity contribution >= 4 is 28.8 Å². The maximum atomic E-state index is 13.1. The third-order valence-corrected chi connectivity index (χ3v) is 8.00. The Morgan fingerprint density at radius 1 is 0.735 bits per heavy atom. The zero-order chi connectivity index (χ0) is 35.4. The van der Waals surface area contributed by atoms with E-state index in [1.165, 1.54) is 60.7 Å². The summed E-state index contributed by atoms with van der Waals surface area (Å²) in [5, 5.41) is 85.2. The molecule has 2 unspecified atom stereocenters. The van der Waals surface area contributed by atoms with Crippen molar-refractivity contribution in [1.29, 1.82) is 0 Å². The molecule has 0 aromatic heterocycles. The number of likely N-dealkylation sites (N-methyl/N-ethyl adjacent to an activating group) is 1. The second-order valence-corrected chi connectivity index (χ2v) is 11.2. The number of carbonyl (C=O) groups excluding carboxylic acids is 1. The quantitative estimate of drug-likeness (QED) is 0.0484. The monoisotopic (exact) mass is 667 g/mol. The molecule has 12 heteroatoms. The Bertz CT molecular complexity index is 2090. The van der Waals surface area contributed by atoms with Crippen LogP contribution in [0.3, 0.4) is 0 Å². The van der Waals surface area contributed by atoms with Crippen LogP contribution in [0, 0.1) is 0 Å². The molecule has 2 atom stereocenters. The summed E-state index contributed by atoms with van der Waals surface area (Å²) < 4.78 is 5.38. The number of aromatic hydroxyl groups is 7. The average Bonchev–Trinajstić information content (AvgIpc) is 3.07. The molecule has 0 amide bonds. The van der Waals surface area contributed by atoms with Crippen molar-refractivity contribution in [2.75, 3.05) is 13.1 Å². The molecule has 0 spiro atoms. The molecule has 5 aromatic carbocycles. The Morgan fingerprint density at radius 3 is 2.04 bits per heavy atom. The highest BCUT2D eigenvalue weighted by Crippen LogP contribution is 2.43. The van der Waals surface area contributed by atoms with Gasteiger partial charge in [0, 0.05) is 23.9 Å². The first-order chi connectivity index (χ1) is 23.4. The lowest BCUT2D eigenvalue weighted by molar-refractivity contribution is -0.162. The molecule has 0 aliphatic heterocycles. The summed E-state index contributed by atoms with van der Waals surface area (Å²) in [6.45, 7) is 2.33. The van der Waals surface area contributed by atoms with Crippen molar-refractivity contribution in [2.45, 2.75) is 18.9 Å². The molecule has 0 heterocycles. The first-order valence-electron chi connectivity index (χ1n) is 15.1. The van der Waals surface area contributed by atoms with Gasteiger partial charge >= 0.3 is 11.9 Å². The number of rotatable bonds is 11. The Balaban J connectivity index is 1.53. The van der Waals surface area contributed by atoms with E-state index < -0.39 is 52.7 Å². The number of carboxylic acids is 1. The lowest BCUT2D eigenvalue weighted by Gasteiger charge is -2.24. The van der Waals surface area contributed by atoms with Gasteiger partial charge < -0.3 is 50.9 Å². The zero-order valence-corrected chi connectivity index (χ0v) is 26.0. The van der Waals surface area contributed by atoms with Crippen LogP contribution in [0.1, 0.15) is 24.0 Å². The molecule has 252 valence electrons. The number of aliphatic carboxylic acids is 1. The van der Waals surface area contributed by atoms with Crippen LogP contribution in [0.15, 0.2) is 84.9 Å². The first-order valence-corrected chi connectivity index (χ1v) is 15.1. The molecule has 0 saturated carbocycles. The summed E-state index contributed by atoms with van der Waals surface area (Å²) in [7, 11) is 0. The number of carbonyl (C=O) groups is 2. The van der Waals surface area contributed by atoms with Gasteiger partial charge in [0.25, 0.3) is 0 Å². The summed E-state index contributed by atoms with van der Waals surface area (Å²) in [5.74, 6) is -6.04. The van der Waals surface area contributed by atoms with E-state index in [4.69, 9.17) is 4.74 Å². The maximum Gasteiger partial charge on any atom is 0.345 e. The molecule has 5 aromatic rings. The molecule has 49 heavy (non-hydrogen) atoms. The van der Waals surface area contributed by atoms with Crippen molar-refractivity contribution in [3.05, 3.63) is 96.1 Å². The van der Waals surface area contributed by atoms with E-state index in [1.54, 1.807) is 31.2 Å². The van der Waals surface area contributed by atoms with Gasteiger partial charge in [-0.15, -0.1) is 0 Å². The second kappa shape index (κ2) is 14.2. The highest BCUT2D eigenvalue weighted by molar-refractivity contribution is 6.02. The summed E-state index contributed by atoms with van der Waals surface area (Å²) in [6.07, 6.45) is 0.550. The minimum Gasteiger partial charge on any atom is -0.508 e. The maximum absolute atomic E-state index is 13.1. The van der Waals surface area contributed by atoms with Gasteiger partial charge in [0.2, 0.25) is 6.10 Å². The van der Waals surface area contributed by atoms with Crippen molar-refractivity contribution in [1.82, 2.24) is 5.32 Å². The predicted octanol–water partition coefficient (Wildman–Crippen LogP) is 5.52. The number of ether oxygens (including phenoxy) is 1. The van der Waals surface area contributed by atoms with Crippen LogP contribution in [0.2, 0.25) is 0 Å². The number of hydrogen-bond donors (Lipinski definition) is 9. The fourth-order valence-corrected chi connectivity index (χ4v) is 5.55. The number of hydrogen-bond acceptors (Lipinski definition) is 11. The Morgan fingerprint density at radius 2 is 1.41 bits per heavy atom. The number of carboxylic acid groups (broad SMARTS) is 1. The molecule has 0 bridgehead atoms. The average molecular weight is 668 g/mol. The lowest BCUT2D eigenvalue weighted by Crippen LogP contribution is -2.38. The highest BCUT2D eigenvalue weighted by Gasteiger charge is 2.33. The fraction of sp³-hybridized carbons (Fsp3) is 0.135. The number of phenols is 7. The number of benzene rings is 5. The molecular weight excluding hydrogens is 634 g/mol. The van der Waals surface area contributed by atoms with Gasteiger partial charge in [0.05, 0.1) is 0 Å². The van der Waals surface area contributed by atoms with Crippen LogP contribution < -0.4 is 5.32 Å². The minimum atomic E-state index is -1.70. The molecule has 0 aliphatic rings. The molecule has 0 aliphatic carbocycles. The van der Waals surface area contributed by atoms with Crippen LogP contribution >= 0.6 is 0 Å². The third kappa shape index (κ3) is 7.29. The first kappa shape index (κ1) is 33.9. The molecular formula is C37H33NO11. The molecule has 0 saturated heterocycles. The van der Waals surface area contributed by atoms with E-state index in [0.717, 1.165) is 6.08 Å². The number of fused-ring (bicyclic) bond motifs is 1. The van der Waals surface area contributed by atoms with Gasteiger partial charge in [0.1, 0.15) is 5.75 Å². The molecule has 12 nitrogen and oxygen atoms in total. The zero-order valence-electron chi connectivity index (χ0n) is 26.0. The normalized spacial score (nSPS) is 12.6. The van der Waals surface area contributed by atoms with Crippen LogP contribution in [0.4, 0.5) is 0 Å². The highest BCUT2D eigenvalue weighted by atomic mass is 16.6. The molecule has 0 fully saturated rings.